The summed E-state index contributed by atoms with van der Waals surface area (Å²) in [5, 5.41) is 2.83. The van der Waals surface area contributed by atoms with Gasteiger partial charge in [-0.25, -0.2) is 4.98 Å². The van der Waals surface area contributed by atoms with Crippen LogP contribution in [0.3, 0.4) is 0 Å². The Kier molecular flexibility index (Phi) is 6.10. The van der Waals surface area contributed by atoms with Crippen LogP contribution in [0.4, 0.5) is 5.82 Å². The van der Waals surface area contributed by atoms with E-state index in [0.29, 0.717) is 11.6 Å². The highest BCUT2D eigenvalue weighted by Crippen LogP contribution is 2.26. The van der Waals surface area contributed by atoms with E-state index in [9.17, 15) is 4.79 Å². The first-order valence-corrected chi connectivity index (χ1v) is 10.3. The minimum atomic E-state index is -0.107. The van der Waals surface area contributed by atoms with Gasteiger partial charge in [-0.1, -0.05) is 12.1 Å². The van der Waals surface area contributed by atoms with Gasteiger partial charge in [0.15, 0.2) is 0 Å². The van der Waals surface area contributed by atoms with Gasteiger partial charge < -0.3 is 5.32 Å². The minimum absolute atomic E-state index is 0.107. The Hall–Kier alpha value is -3.58. The summed E-state index contributed by atoms with van der Waals surface area (Å²) in [7, 11) is 0. The van der Waals surface area contributed by atoms with Crippen molar-refractivity contribution >= 4 is 23.5 Å². The van der Waals surface area contributed by atoms with Crippen LogP contribution in [0.2, 0.25) is 0 Å². The number of anilines is 1. The predicted molar refractivity (Wildman–Crippen MR) is 119 cm³/mol. The third-order valence-electron chi connectivity index (χ3n) is 4.32. The number of nitrogens with zero attached hydrogens (tertiary/aromatic N) is 4. The number of aryl methyl sites for hydroxylation is 1. The van der Waals surface area contributed by atoms with E-state index in [1.807, 2.05) is 37.3 Å². The van der Waals surface area contributed by atoms with Gasteiger partial charge in [0.05, 0.1) is 17.6 Å². The fraction of sp³-hybridized carbons (Fsp3) is 0.0870. The number of benzene rings is 1. The molecule has 0 bridgehead atoms. The Balaban J connectivity index is 1.35. The zero-order valence-corrected chi connectivity index (χ0v) is 17.1. The van der Waals surface area contributed by atoms with Crippen molar-refractivity contribution in [1.29, 1.82) is 0 Å². The largest absolute Gasteiger partial charge is 0.310 e. The molecule has 0 aliphatic carbocycles. The molecule has 3 aromatic heterocycles. The Labute approximate surface area is 178 Å². The van der Waals surface area contributed by atoms with E-state index in [1.165, 1.54) is 11.8 Å². The quantitative estimate of drug-likeness (QED) is 0.464. The molecule has 3 heterocycles. The highest BCUT2D eigenvalue weighted by Gasteiger charge is 2.07. The molecule has 0 saturated heterocycles. The van der Waals surface area contributed by atoms with Gasteiger partial charge in [0.1, 0.15) is 5.82 Å². The Morgan fingerprint density at radius 2 is 1.80 bits per heavy atom. The van der Waals surface area contributed by atoms with Gasteiger partial charge in [0.2, 0.25) is 5.91 Å². The monoisotopic (exact) mass is 413 g/mol. The van der Waals surface area contributed by atoms with Gasteiger partial charge in [-0.15, -0.1) is 11.8 Å². The molecule has 1 N–H and O–H groups in total. The summed E-state index contributed by atoms with van der Waals surface area (Å²) < 4.78 is 0. The number of nitrogens with one attached hydrogen (secondary N) is 1. The molecule has 0 radical (unpaired) electrons. The first kappa shape index (κ1) is 19.7. The van der Waals surface area contributed by atoms with E-state index < -0.39 is 0 Å². The summed E-state index contributed by atoms with van der Waals surface area (Å²) in [5.74, 6) is 0.700. The van der Waals surface area contributed by atoms with Crippen LogP contribution < -0.4 is 5.32 Å². The van der Waals surface area contributed by atoms with Crippen LogP contribution in [0.5, 0.6) is 0 Å². The average molecular weight is 414 g/mol. The predicted octanol–water partition coefficient (Wildman–Crippen LogP) is 4.64. The molecular weight excluding hydrogens is 394 g/mol. The van der Waals surface area contributed by atoms with Crippen molar-refractivity contribution < 1.29 is 4.79 Å². The smallest absolute Gasteiger partial charge is 0.235 e. The summed E-state index contributed by atoms with van der Waals surface area (Å²) in [6.45, 7) is 1.97. The number of hydrogen-bond acceptors (Lipinski definition) is 6. The number of amides is 1. The van der Waals surface area contributed by atoms with Gasteiger partial charge in [-0.3, -0.25) is 19.7 Å². The Bertz CT molecular complexity index is 1150. The number of carbonyl (C=O) groups excluding carboxylic acids is 1. The zero-order valence-electron chi connectivity index (χ0n) is 16.3. The van der Waals surface area contributed by atoms with E-state index in [2.05, 4.69) is 37.4 Å². The van der Waals surface area contributed by atoms with E-state index in [0.717, 1.165) is 33.0 Å². The molecule has 1 amide bonds. The van der Waals surface area contributed by atoms with E-state index in [1.54, 1.807) is 37.1 Å². The fourth-order valence-corrected chi connectivity index (χ4v) is 3.64. The van der Waals surface area contributed by atoms with Gasteiger partial charge in [-0.2, -0.15) is 0 Å². The molecule has 0 spiro atoms. The summed E-state index contributed by atoms with van der Waals surface area (Å²) in [6.07, 6.45) is 8.41. The van der Waals surface area contributed by atoms with Crippen molar-refractivity contribution in [3.8, 4) is 22.4 Å². The number of carbonyl (C=O) groups is 1. The molecule has 0 unspecified atom stereocenters. The van der Waals surface area contributed by atoms with Crippen LogP contribution in [-0.4, -0.2) is 31.6 Å². The van der Waals surface area contributed by atoms with Gasteiger partial charge in [0.25, 0.3) is 0 Å². The topological polar surface area (TPSA) is 80.7 Å². The van der Waals surface area contributed by atoms with Crippen LogP contribution in [0.1, 0.15) is 5.69 Å². The molecule has 0 fully saturated rings. The van der Waals surface area contributed by atoms with Crippen LogP contribution in [0.25, 0.3) is 22.4 Å². The normalized spacial score (nSPS) is 10.6. The number of thioether (sulfide) groups is 1. The molecule has 0 atom stereocenters. The number of aromatic nitrogens is 4. The maximum Gasteiger partial charge on any atom is 0.235 e. The van der Waals surface area contributed by atoms with Crippen LogP contribution >= 0.6 is 11.8 Å². The van der Waals surface area contributed by atoms with E-state index in [4.69, 9.17) is 0 Å². The molecule has 1 aromatic carbocycles. The minimum Gasteiger partial charge on any atom is -0.310 e. The molecule has 0 aliphatic heterocycles. The lowest BCUT2D eigenvalue weighted by atomic mass is 10.1. The highest BCUT2D eigenvalue weighted by atomic mass is 32.2. The summed E-state index contributed by atoms with van der Waals surface area (Å²) in [6, 6.07) is 15.8. The average Bonchev–Trinajstić information content (AvgIpc) is 2.79. The lowest BCUT2D eigenvalue weighted by Gasteiger charge is -2.07. The molecule has 148 valence electrons. The van der Waals surface area contributed by atoms with Crippen molar-refractivity contribution in [3.05, 3.63) is 85.2 Å². The van der Waals surface area contributed by atoms with Gasteiger partial charge in [-0.05, 0) is 54.4 Å². The van der Waals surface area contributed by atoms with Crippen molar-refractivity contribution in [2.45, 2.75) is 11.8 Å². The van der Waals surface area contributed by atoms with E-state index in [-0.39, 0.29) is 5.91 Å². The second kappa shape index (κ2) is 9.28. The third kappa shape index (κ3) is 5.07. The Morgan fingerprint density at radius 1 is 0.900 bits per heavy atom. The number of hydrogen-bond donors (Lipinski definition) is 1. The van der Waals surface area contributed by atoms with Gasteiger partial charge in [0, 0.05) is 40.9 Å². The lowest BCUT2D eigenvalue weighted by Crippen LogP contribution is -2.14. The lowest BCUT2D eigenvalue weighted by molar-refractivity contribution is -0.113. The summed E-state index contributed by atoms with van der Waals surface area (Å²) in [5.41, 5.74) is 4.78. The van der Waals surface area contributed by atoms with Gasteiger partial charge >= 0.3 is 0 Å². The molecule has 0 aliphatic rings. The van der Waals surface area contributed by atoms with E-state index >= 15 is 0 Å². The Morgan fingerprint density at radius 3 is 2.57 bits per heavy atom. The van der Waals surface area contributed by atoms with Crippen LogP contribution in [0.15, 0.2) is 84.4 Å². The summed E-state index contributed by atoms with van der Waals surface area (Å²) in [4.78, 5) is 30.2. The number of pyridine rings is 2. The molecule has 7 heteroatoms. The maximum absolute atomic E-state index is 12.3. The SMILES string of the molecule is Cc1cc(-c2cccc(SCC(=O)Nc3ccc(-c4cnccn4)cn3)c2)ccn1. The van der Waals surface area contributed by atoms with Crippen molar-refractivity contribution in [3.63, 3.8) is 0 Å². The fourth-order valence-electron chi connectivity index (χ4n) is 2.89. The molecule has 6 nitrogen and oxygen atoms in total. The first-order chi connectivity index (χ1) is 14.7. The van der Waals surface area contributed by atoms with Crippen molar-refractivity contribution in [2.24, 2.45) is 0 Å². The zero-order chi connectivity index (χ0) is 20.8. The number of rotatable bonds is 6. The van der Waals surface area contributed by atoms with Crippen molar-refractivity contribution in [1.82, 2.24) is 19.9 Å². The second-order valence-corrected chi connectivity index (χ2v) is 7.62. The highest BCUT2D eigenvalue weighted by molar-refractivity contribution is 8.00. The standard InChI is InChI=1S/C23H19N5OS/c1-16-11-18(7-8-25-16)17-3-2-4-20(12-17)30-15-23(29)28-22-6-5-19(13-27-22)21-14-24-9-10-26-21/h2-14H,15H2,1H3,(H,27,28,29). The first-order valence-electron chi connectivity index (χ1n) is 9.35. The molecule has 30 heavy (non-hydrogen) atoms. The van der Waals surface area contributed by atoms with Crippen molar-refractivity contribution in [2.75, 3.05) is 11.1 Å². The molecular formula is C23H19N5OS. The summed E-state index contributed by atoms with van der Waals surface area (Å²) >= 11 is 1.49. The molecule has 4 rings (SSSR count). The maximum atomic E-state index is 12.3. The van der Waals surface area contributed by atoms with Crippen LogP contribution in [-0.2, 0) is 4.79 Å². The molecule has 4 aromatic rings. The molecule has 0 saturated carbocycles. The second-order valence-electron chi connectivity index (χ2n) is 6.57. The van der Waals surface area contributed by atoms with Crippen LogP contribution in [0, 0.1) is 6.92 Å². The third-order valence-corrected chi connectivity index (χ3v) is 5.32.